The van der Waals surface area contributed by atoms with Gasteiger partial charge in [-0.2, -0.15) is 4.31 Å². The zero-order chi connectivity index (χ0) is 20.7. The van der Waals surface area contributed by atoms with E-state index in [-0.39, 0.29) is 23.9 Å². The van der Waals surface area contributed by atoms with E-state index in [4.69, 9.17) is 16.0 Å². The molecule has 0 saturated heterocycles. The molecule has 0 unspecified atom stereocenters. The van der Waals surface area contributed by atoms with Crippen molar-refractivity contribution in [2.24, 2.45) is 0 Å². The van der Waals surface area contributed by atoms with E-state index in [0.29, 0.717) is 23.7 Å². The van der Waals surface area contributed by atoms with Gasteiger partial charge in [-0.3, -0.25) is 4.79 Å². The molecular formula is C21H21ClN2O4S. The molecule has 0 radical (unpaired) electrons. The summed E-state index contributed by atoms with van der Waals surface area (Å²) in [6, 6.07) is 18.9. The molecule has 8 heteroatoms. The number of carbonyl (C=O) groups excluding carboxylic acids is 1. The summed E-state index contributed by atoms with van der Waals surface area (Å²) in [6.45, 7) is 0.0446. The van der Waals surface area contributed by atoms with Crippen LogP contribution in [-0.4, -0.2) is 31.7 Å². The zero-order valence-electron chi connectivity index (χ0n) is 15.6. The number of hydrogen-bond acceptors (Lipinski definition) is 4. The van der Waals surface area contributed by atoms with Crippen molar-refractivity contribution >= 4 is 27.5 Å². The molecule has 0 aliphatic heterocycles. The van der Waals surface area contributed by atoms with Crippen molar-refractivity contribution in [2.45, 2.75) is 17.9 Å². The van der Waals surface area contributed by atoms with E-state index in [9.17, 15) is 13.2 Å². The van der Waals surface area contributed by atoms with Crippen LogP contribution in [0.4, 0.5) is 0 Å². The van der Waals surface area contributed by atoms with Crippen molar-refractivity contribution < 1.29 is 17.6 Å². The molecule has 0 bridgehead atoms. The minimum Gasteiger partial charge on any atom is -0.468 e. The Hall–Kier alpha value is -2.61. The van der Waals surface area contributed by atoms with Gasteiger partial charge >= 0.3 is 0 Å². The molecule has 3 rings (SSSR count). The highest BCUT2D eigenvalue weighted by atomic mass is 35.5. The smallest absolute Gasteiger partial charge is 0.243 e. The standard InChI is InChI=1S/C21H21ClN2O4S/c22-18-8-10-20(11-9-18)29(26,27)24(15-19-7-4-14-28-19)16-21(25)23-13-12-17-5-2-1-3-6-17/h1-11,14H,12-13,15-16H2,(H,23,25). The first-order valence-corrected chi connectivity index (χ1v) is 10.9. The molecule has 1 N–H and O–H groups in total. The number of hydrogen-bond donors (Lipinski definition) is 1. The molecule has 152 valence electrons. The lowest BCUT2D eigenvalue weighted by Crippen LogP contribution is -2.40. The van der Waals surface area contributed by atoms with Gasteiger partial charge in [0, 0.05) is 11.6 Å². The van der Waals surface area contributed by atoms with E-state index < -0.39 is 10.0 Å². The number of benzene rings is 2. The second-order valence-corrected chi connectivity index (χ2v) is 8.77. The molecule has 0 aliphatic carbocycles. The number of nitrogens with zero attached hydrogens (tertiary/aromatic N) is 1. The van der Waals surface area contributed by atoms with Gasteiger partial charge in [-0.1, -0.05) is 41.9 Å². The van der Waals surface area contributed by atoms with Crippen LogP contribution in [-0.2, 0) is 27.8 Å². The highest BCUT2D eigenvalue weighted by Crippen LogP contribution is 2.20. The van der Waals surface area contributed by atoms with Gasteiger partial charge in [-0.25, -0.2) is 8.42 Å². The van der Waals surface area contributed by atoms with Gasteiger partial charge in [-0.15, -0.1) is 0 Å². The monoisotopic (exact) mass is 432 g/mol. The summed E-state index contributed by atoms with van der Waals surface area (Å²) in [7, 11) is -3.91. The van der Waals surface area contributed by atoms with Gasteiger partial charge in [0.25, 0.3) is 0 Å². The summed E-state index contributed by atoms with van der Waals surface area (Å²) in [5.74, 6) is 0.0599. The third-order valence-electron chi connectivity index (χ3n) is 4.26. The number of sulfonamides is 1. The summed E-state index contributed by atoms with van der Waals surface area (Å²) in [4.78, 5) is 12.5. The minimum atomic E-state index is -3.91. The van der Waals surface area contributed by atoms with Gasteiger partial charge < -0.3 is 9.73 Å². The Balaban J connectivity index is 1.69. The second-order valence-electron chi connectivity index (χ2n) is 6.39. The summed E-state index contributed by atoms with van der Waals surface area (Å²) in [5, 5.41) is 3.21. The van der Waals surface area contributed by atoms with Crippen molar-refractivity contribution in [1.82, 2.24) is 9.62 Å². The van der Waals surface area contributed by atoms with Crippen molar-refractivity contribution in [3.8, 4) is 0 Å². The Morgan fingerprint density at radius 1 is 1.00 bits per heavy atom. The number of furan rings is 1. The van der Waals surface area contributed by atoms with Gasteiger partial charge in [0.2, 0.25) is 15.9 Å². The molecule has 1 aromatic heterocycles. The zero-order valence-corrected chi connectivity index (χ0v) is 17.2. The fourth-order valence-corrected chi connectivity index (χ4v) is 4.25. The van der Waals surface area contributed by atoms with E-state index in [1.165, 1.54) is 30.5 Å². The highest BCUT2D eigenvalue weighted by Gasteiger charge is 2.27. The molecule has 0 spiro atoms. The van der Waals surface area contributed by atoms with Crippen LogP contribution < -0.4 is 5.32 Å². The van der Waals surface area contributed by atoms with Gasteiger partial charge in [-0.05, 0) is 48.4 Å². The molecule has 3 aromatic rings. The molecule has 0 saturated carbocycles. The molecular weight excluding hydrogens is 412 g/mol. The highest BCUT2D eigenvalue weighted by molar-refractivity contribution is 7.89. The first kappa shape index (κ1) is 21.1. The molecule has 29 heavy (non-hydrogen) atoms. The number of rotatable bonds is 9. The predicted octanol–water partition coefficient (Wildman–Crippen LogP) is 3.48. The fourth-order valence-electron chi connectivity index (χ4n) is 2.76. The molecule has 2 aromatic carbocycles. The van der Waals surface area contributed by atoms with Crippen LogP contribution in [0.1, 0.15) is 11.3 Å². The topological polar surface area (TPSA) is 79.6 Å². The van der Waals surface area contributed by atoms with E-state index in [1.807, 2.05) is 30.3 Å². The van der Waals surface area contributed by atoms with Crippen molar-refractivity contribution in [2.75, 3.05) is 13.1 Å². The Morgan fingerprint density at radius 2 is 1.72 bits per heavy atom. The van der Waals surface area contributed by atoms with Crippen LogP contribution >= 0.6 is 11.6 Å². The Morgan fingerprint density at radius 3 is 2.38 bits per heavy atom. The second kappa shape index (κ2) is 9.73. The summed E-state index contributed by atoms with van der Waals surface area (Å²) >= 11 is 5.86. The number of nitrogens with one attached hydrogen (secondary N) is 1. The minimum absolute atomic E-state index is 0.0515. The van der Waals surface area contributed by atoms with Crippen LogP contribution in [0.5, 0.6) is 0 Å². The maximum atomic E-state index is 13.1. The fraction of sp³-hybridized carbons (Fsp3) is 0.190. The summed E-state index contributed by atoms with van der Waals surface area (Å²) in [6.07, 6.45) is 2.12. The normalized spacial score (nSPS) is 11.5. The molecule has 0 aliphatic rings. The number of carbonyl (C=O) groups is 1. The summed E-state index contributed by atoms with van der Waals surface area (Å²) < 4.78 is 32.5. The third-order valence-corrected chi connectivity index (χ3v) is 6.32. The first-order valence-electron chi connectivity index (χ1n) is 9.04. The van der Waals surface area contributed by atoms with Gasteiger partial charge in [0.15, 0.2) is 0 Å². The van der Waals surface area contributed by atoms with Crippen LogP contribution in [0, 0.1) is 0 Å². The number of halogens is 1. The molecule has 1 heterocycles. The van der Waals surface area contributed by atoms with Crippen LogP contribution in [0.2, 0.25) is 5.02 Å². The van der Waals surface area contributed by atoms with Crippen molar-refractivity contribution in [3.05, 3.63) is 89.3 Å². The van der Waals surface area contributed by atoms with E-state index >= 15 is 0 Å². The Bertz CT molecular complexity index is 1020. The quantitative estimate of drug-likeness (QED) is 0.561. The van der Waals surface area contributed by atoms with Crippen LogP contribution in [0.25, 0.3) is 0 Å². The van der Waals surface area contributed by atoms with Crippen LogP contribution in [0.3, 0.4) is 0 Å². The largest absolute Gasteiger partial charge is 0.468 e. The predicted molar refractivity (Wildman–Crippen MR) is 111 cm³/mol. The maximum Gasteiger partial charge on any atom is 0.243 e. The molecule has 0 atom stereocenters. The van der Waals surface area contributed by atoms with Crippen molar-refractivity contribution in [3.63, 3.8) is 0 Å². The van der Waals surface area contributed by atoms with Crippen molar-refractivity contribution in [1.29, 1.82) is 0 Å². The SMILES string of the molecule is O=C(CN(Cc1ccco1)S(=O)(=O)c1ccc(Cl)cc1)NCCc1ccccc1. The molecule has 6 nitrogen and oxygen atoms in total. The van der Waals surface area contributed by atoms with Crippen LogP contribution in [0.15, 0.2) is 82.3 Å². The lowest BCUT2D eigenvalue weighted by molar-refractivity contribution is -0.121. The van der Waals surface area contributed by atoms with Gasteiger partial charge in [0.1, 0.15) is 5.76 Å². The molecule has 0 fully saturated rings. The first-order chi connectivity index (χ1) is 13.9. The van der Waals surface area contributed by atoms with E-state index in [1.54, 1.807) is 12.1 Å². The average Bonchev–Trinajstić information content (AvgIpc) is 3.22. The average molecular weight is 433 g/mol. The maximum absolute atomic E-state index is 13.1. The van der Waals surface area contributed by atoms with E-state index in [0.717, 1.165) is 9.87 Å². The Labute approximate surface area is 175 Å². The lowest BCUT2D eigenvalue weighted by Gasteiger charge is -2.21. The lowest BCUT2D eigenvalue weighted by atomic mass is 10.1. The third kappa shape index (κ3) is 5.93. The number of amides is 1. The molecule has 1 amide bonds. The Kier molecular flexibility index (Phi) is 7.09. The summed E-state index contributed by atoms with van der Waals surface area (Å²) in [5.41, 5.74) is 1.09. The van der Waals surface area contributed by atoms with E-state index in [2.05, 4.69) is 5.32 Å². The van der Waals surface area contributed by atoms with Gasteiger partial charge in [0.05, 0.1) is 24.2 Å².